The minimum Gasteiger partial charge on any atom is -1.00 e. The smallest absolute Gasteiger partial charge is 1.00 e. The quantitative estimate of drug-likeness (QED) is 0.00554. The predicted molar refractivity (Wildman–Crippen MR) is 516 cm³/mol. The van der Waals surface area contributed by atoms with Crippen molar-refractivity contribution >= 4 is 103 Å². The summed E-state index contributed by atoms with van der Waals surface area (Å²) >= 11 is 0. The number of allylic oxidation sites excluding steroid dienone is 3. The molecule has 0 fully saturated rings. The number of fused-ring (bicyclic) bond motifs is 3. The molecule has 5 radical (unpaired) electrons. The molecule has 39 nitrogen and oxygen atoms in total. The van der Waals surface area contributed by atoms with Crippen LogP contribution in [0.15, 0.2) is 210 Å². The number of hydrogen-bond acceptors (Lipinski definition) is 32. The monoisotopic (exact) mass is 2160 g/mol. The number of nitrogens with zero attached hydrogens (tertiary/aromatic N) is 9. The number of carboxylic acid groups (broad SMARTS) is 1. The Balaban J connectivity index is 0.000000564. The van der Waals surface area contributed by atoms with E-state index in [-0.39, 0.29) is 123 Å². The Kier molecular flexibility index (Phi) is 58.4. The van der Waals surface area contributed by atoms with Crippen molar-refractivity contribution in [3.63, 3.8) is 0 Å². The number of aliphatic carboxylic acids is 1. The number of aliphatic imine (C=N–C) groups is 2. The molecular weight excluding hydrogens is 2040 g/mol. The zero-order valence-electron chi connectivity index (χ0n) is 82.0. The van der Waals surface area contributed by atoms with Crippen LogP contribution in [0.2, 0.25) is 0 Å². The Morgan fingerprint density at radius 2 is 1.06 bits per heavy atom. The number of aromatic nitrogens is 9. The number of H-pyrrole nitrogens is 2. The number of amides is 3. The van der Waals surface area contributed by atoms with E-state index < -0.39 is 67.6 Å². The number of carbonyl (C=O) groups is 10. The fourth-order valence-corrected chi connectivity index (χ4v) is 14.4. The fraction of sp³-hybridized carbons (Fsp3) is 0.375. The summed E-state index contributed by atoms with van der Waals surface area (Å²) in [7, 11) is 8.48. The Labute approximate surface area is 855 Å². The van der Waals surface area contributed by atoms with Gasteiger partial charge in [-0.2, -0.15) is 15.3 Å². The average Bonchev–Trinajstić information content (AvgIpc) is 1.31. The number of aryl methyl sites for hydroxylation is 7. The Morgan fingerprint density at radius 1 is 0.571 bits per heavy atom. The van der Waals surface area contributed by atoms with Gasteiger partial charge >= 0.3 is 80.6 Å². The Hall–Kier alpha value is -12.8. The molecule has 6 aromatic heterocycles. The second kappa shape index (κ2) is 68.3. The van der Waals surface area contributed by atoms with E-state index in [9.17, 15) is 57.6 Å². The van der Waals surface area contributed by atoms with E-state index in [0.717, 1.165) is 123 Å². The molecule has 3 aromatic carbocycles. The first kappa shape index (κ1) is 120. The van der Waals surface area contributed by atoms with E-state index in [1.54, 1.807) is 84.6 Å². The van der Waals surface area contributed by atoms with Crippen molar-refractivity contribution in [1.29, 1.82) is 1.34 Å². The molecule has 9 aromatic rings. The van der Waals surface area contributed by atoms with Crippen molar-refractivity contribution in [2.45, 2.75) is 154 Å². The summed E-state index contributed by atoms with van der Waals surface area (Å²) in [5.41, 5.74) is 21.3. The minimum atomic E-state index is -3.90. The van der Waals surface area contributed by atoms with E-state index in [1.807, 2.05) is 97.9 Å². The first-order chi connectivity index (χ1) is 66.8. The van der Waals surface area contributed by atoms with Crippen LogP contribution in [0.3, 0.4) is 0 Å². The number of hydrogen-bond donors (Lipinski definition) is 9. The predicted octanol–water partition coefficient (Wildman–Crippen LogP) is 6.35. The van der Waals surface area contributed by atoms with Crippen molar-refractivity contribution in [2.75, 3.05) is 81.3 Å². The fourth-order valence-electron chi connectivity index (χ4n) is 13.2. The molecule has 9 heterocycles. The van der Waals surface area contributed by atoms with Crippen LogP contribution < -0.4 is 45.9 Å². The van der Waals surface area contributed by atoms with Crippen LogP contribution in [0.5, 0.6) is 0 Å². The number of nitrogens with one attached hydrogen (secondary N) is 6. The minimum absolute atomic E-state index is 0. The summed E-state index contributed by atoms with van der Waals surface area (Å²) < 4.78 is 66.6. The number of benzene rings is 3. The van der Waals surface area contributed by atoms with E-state index in [1.165, 1.54) is 94.7 Å². The normalized spacial score (nSPS) is 13.2. The maximum atomic E-state index is 12.2. The van der Waals surface area contributed by atoms with Crippen molar-refractivity contribution in [3.8, 4) is 0 Å². The van der Waals surface area contributed by atoms with Crippen LogP contribution in [-0.2, 0) is 182 Å². The number of aromatic amines is 2. The van der Waals surface area contributed by atoms with Crippen LogP contribution in [0, 0.1) is 37.0 Å². The molecule has 5 aliphatic rings. The summed E-state index contributed by atoms with van der Waals surface area (Å²) in [4.78, 5) is 135. The van der Waals surface area contributed by atoms with Crippen LogP contribution >= 0.6 is 7.60 Å². The van der Waals surface area contributed by atoms with Crippen molar-refractivity contribution in [1.82, 2.24) is 61.1 Å². The second-order valence-corrected chi connectivity index (χ2v) is 32.8. The third-order valence-electron chi connectivity index (χ3n) is 20.5. The average molecular weight is 2170 g/mol. The summed E-state index contributed by atoms with van der Waals surface area (Å²) in [6.45, 7) is 5.01. The van der Waals surface area contributed by atoms with Gasteiger partial charge in [0.15, 0.2) is 6.29 Å². The number of aliphatic hydroxyl groups is 1. The molecular formula is C96H121B2LiN16O23PU. The molecule has 0 bridgehead atoms. The molecule has 140 heavy (non-hydrogen) atoms. The first-order valence-corrected chi connectivity index (χ1v) is 45.3. The van der Waals surface area contributed by atoms with Gasteiger partial charge in [0.25, 0.3) is 0 Å². The Morgan fingerprint density at radius 3 is 1.54 bits per heavy atom. The topological polar surface area (TPSA) is 533 Å². The summed E-state index contributed by atoms with van der Waals surface area (Å²) in [5, 5.41) is 45.7. The SMILES string of the molecule is COC(=O)/C(=C/C1=CCN=C1)NC(=O)OCc1ccccc1.COC(=O)C(C)Cc1cn[nH]c1.COC(=O)C(N)Cc1cn[nH]c1.COC(=O)C(NC(=O)OCc1ccccc1)P(=O)(OC)OC.COC(=O)Cc1ccc2c(n1)CCCC2.O=C(NC(Cc1cnn(CCc2ccc3c(n2)NCCC3)c1)C(=O)O)OCc1ccccc1.O=CC1=CCN=C1.OCCc1ccc2c(n1)CCCC2.[2H][B].[B].[H-].[Li+].[U]. The van der Waals surface area contributed by atoms with Gasteiger partial charge in [0.1, 0.15) is 43.4 Å². The zero-order chi connectivity index (χ0) is 100. The summed E-state index contributed by atoms with van der Waals surface area (Å²) in [6, 6.07) is 38.1. The molecule has 14 rings (SSSR count). The van der Waals surface area contributed by atoms with Crippen molar-refractivity contribution < 1.29 is 161 Å². The molecule has 10 N–H and O–H groups in total. The molecule has 0 saturated carbocycles. The van der Waals surface area contributed by atoms with Gasteiger partial charge in [0.05, 0.1) is 85.3 Å². The van der Waals surface area contributed by atoms with Gasteiger partial charge in [0.2, 0.25) is 5.78 Å². The van der Waals surface area contributed by atoms with E-state index in [4.69, 9.17) is 35.4 Å². The number of nitrogens with two attached hydrogens (primary N) is 1. The molecule has 3 amide bonds. The third kappa shape index (κ3) is 45.0. The molecule has 3 aliphatic heterocycles. The van der Waals surface area contributed by atoms with Crippen molar-refractivity contribution in [3.05, 3.63) is 278 Å². The molecule has 44 heteroatoms. The first-order valence-electron chi connectivity index (χ1n) is 44.2. The number of aliphatic hydroxyl groups excluding tert-OH is 1. The van der Waals surface area contributed by atoms with Crippen molar-refractivity contribution in [2.24, 2.45) is 21.6 Å². The molecule has 0 saturated heterocycles. The van der Waals surface area contributed by atoms with Gasteiger partial charge in [-0.1, -0.05) is 128 Å². The van der Waals surface area contributed by atoms with E-state index >= 15 is 0 Å². The zero-order valence-corrected chi connectivity index (χ0v) is 85.1. The van der Waals surface area contributed by atoms with Gasteiger partial charge in [0, 0.05) is 167 Å². The number of carboxylic acids is 1. The number of esters is 5. The number of anilines is 1. The number of ether oxygens (including phenoxy) is 8. The number of carbonyl (C=O) groups excluding carboxylic acids is 9. The standard InChI is InChI=1S/C24H27N5O4.C16H16N2O4.C13H18NO7P.C12H15NO2.C11H15NO.C8H12N2O2.C7H11N3O2.C5H5NO.BH.B.Li.U.H/c30-23(31)21(28-24(32)33-16-17-5-2-1-3-6-17)13-18-14-26-29(15-18)12-10-20-9-8-19-7-4-11-25-22(19)27-20;1-21-15(19)14(9-13-7-8-17-10-13)18-16(20)22-11-12-5-3-2-4-6-12;1-18-12(15)11(22(17,19-2)20-3)14-13(16)21-9-10-7-5-4-6-8-10;1-15-12(14)8-10-7-6-9-4-2-3-5-11(9)13-10;13-8-7-10-6-5-9-3-1-2-4-11(9)12-10;1-6(8(11)12-2)3-7-4-9-10-5-7;1-12-7(11)6(8)2-5-3-9-10-4-5;7-4-5-1-2-6-3-5;;;;;/h1-3,5-6,8-9,14-15,21H,4,7,10-13,16H2,(H,25,27)(H,28,32)(H,30,31);2-7,9-10H,8,11H2,1H3,(H,18,20);4-8,11H,9H2,1-3H3,(H,14,16);6-7H,2-5,8H2,1H3;5-6,13H,1-4,7-8H2;4-6H,3H2,1-2H3,(H,9,10);3-4,6H,2,8H2,1H3,(H,9,10);1,3-4H,2H2;1H;;;;/q;;;;;;;;;;+1;;-1/b;14-9-;;;;;;;;;;;/i;;;;;;;;1D;;;;. The number of rotatable bonds is 32. The Bertz CT molecular complexity index is 5450. The molecule has 4 atom stereocenters. The van der Waals surface area contributed by atoms with E-state index in [2.05, 4.69) is 122 Å². The molecule has 739 valence electrons. The summed E-state index contributed by atoms with van der Waals surface area (Å²) in [6.07, 6.45) is 31.5. The van der Waals surface area contributed by atoms with E-state index in [0.29, 0.717) is 56.5 Å². The largest absolute Gasteiger partial charge is 1.00 e. The number of alkyl carbamates (subject to hydrolysis) is 3. The van der Waals surface area contributed by atoms with Crippen LogP contribution in [0.25, 0.3) is 0 Å². The number of pyridine rings is 3. The van der Waals surface area contributed by atoms with Gasteiger partial charge in [-0.25, -0.2) is 33.8 Å². The van der Waals surface area contributed by atoms with Gasteiger partial charge in [-0.05, 0) is 152 Å². The third-order valence-corrected chi connectivity index (χ3v) is 22.4. The number of methoxy groups -OCH3 is 5. The van der Waals surface area contributed by atoms with Crippen LogP contribution in [0.4, 0.5) is 20.2 Å². The molecule has 2 aliphatic carbocycles. The maximum absolute atomic E-state index is 12.2. The summed E-state index contributed by atoms with van der Waals surface area (Å²) in [5.74, 6) is -4.32. The second-order valence-electron chi connectivity index (χ2n) is 30.4. The van der Waals surface area contributed by atoms with Crippen LogP contribution in [-0.4, -0.2) is 240 Å². The van der Waals surface area contributed by atoms with Gasteiger partial charge in [-0.15, -0.1) is 0 Å². The molecule has 4 unspecified atom stereocenters. The number of aldehydes is 1. The maximum Gasteiger partial charge on any atom is 1.00 e. The van der Waals surface area contributed by atoms with Gasteiger partial charge in [-0.3, -0.25) is 69.2 Å². The van der Waals surface area contributed by atoms with Gasteiger partial charge < -0.3 is 74.9 Å². The van der Waals surface area contributed by atoms with Crippen LogP contribution in [0.1, 0.15) is 119 Å². The molecule has 0 spiro atoms.